The zero-order valence-electron chi connectivity index (χ0n) is 20.5. The highest BCUT2D eigenvalue weighted by Gasteiger charge is 2.35. The summed E-state index contributed by atoms with van der Waals surface area (Å²) in [6.45, 7) is 4.90. The third-order valence-electron chi connectivity index (χ3n) is 7.91. The number of morpholine rings is 1. The molecule has 183 valence electrons. The molecule has 2 aromatic carbocycles. The van der Waals surface area contributed by atoms with Gasteiger partial charge in [-0.05, 0) is 37.3 Å². The van der Waals surface area contributed by atoms with E-state index in [2.05, 4.69) is 50.9 Å². The van der Waals surface area contributed by atoms with Crippen LogP contribution in [0.15, 0.2) is 60.8 Å². The smallest absolute Gasteiger partial charge is 0.164 e. The van der Waals surface area contributed by atoms with Crippen LogP contribution in [0.5, 0.6) is 0 Å². The van der Waals surface area contributed by atoms with E-state index in [1.54, 1.807) is 0 Å². The molecule has 0 N–H and O–H groups in total. The molecule has 0 aliphatic carbocycles. The van der Waals surface area contributed by atoms with Crippen molar-refractivity contribution in [1.82, 2.24) is 24.6 Å². The highest BCUT2D eigenvalue weighted by atomic mass is 16.5. The van der Waals surface area contributed by atoms with Crippen LogP contribution in [0.3, 0.4) is 0 Å². The summed E-state index contributed by atoms with van der Waals surface area (Å²) in [4.78, 5) is 15.1. The average Bonchev–Trinajstić information content (AvgIpc) is 3.52. The summed E-state index contributed by atoms with van der Waals surface area (Å²) in [5.41, 5.74) is 3.34. The van der Waals surface area contributed by atoms with Crippen molar-refractivity contribution >= 4 is 16.9 Å². The fraction of sp³-hybridized carbons (Fsp3) is 0.414. The van der Waals surface area contributed by atoms with Crippen molar-refractivity contribution < 1.29 is 4.74 Å². The highest BCUT2D eigenvalue weighted by Crippen LogP contribution is 2.35. The van der Waals surface area contributed by atoms with Crippen molar-refractivity contribution in [3.8, 4) is 11.4 Å². The number of piperidine rings is 1. The van der Waals surface area contributed by atoms with E-state index in [0.29, 0.717) is 18.2 Å². The van der Waals surface area contributed by atoms with Gasteiger partial charge in [-0.1, -0.05) is 54.6 Å². The van der Waals surface area contributed by atoms with Gasteiger partial charge >= 0.3 is 0 Å². The molecule has 3 saturated heterocycles. The van der Waals surface area contributed by atoms with Crippen LogP contribution in [0.2, 0.25) is 0 Å². The number of rotatable bonds is 5. The molecule has 2 unspecified atom stereocenters. The van der Waals surface area contributed by atoms with Gasteiger partial charge in [-0.2, -0.15) is 5.10 Å². The Balaban J connectivity index is 1.20. The summed E-state index contributed by atoms with van der Waals surface area (Å²) >= 11 is 0. The number of ether oxygens (including phenoxy) is 1. The Bertz CT molecular complexity index is 1320. The molecular weight excluding hydrogens is 448 g/mol. The minimum atomic E-state index is 0.299. The largest absolute Gasteiger partial charge is 0.371 e. The lowest BCUT2D eigenvalue weighted by atomic mass is 10.0. The van der Waals surface area contributed by atoms with Gasteiger partial charge in [0.05, 0.1) is 29.8 Å². The van der Waals surface area contributed by atoms with Crippen LogP contribution < -0.4 is 4.90 Å². The van der Waals surface area contributed by atoms with E-state index in [1.807, 2.05) is 30.5 Å². The molecule has 2 aromatic heterocycles. The zero-order chi connectivity index (χ0) is 23.9. The maximum atomic E-state index is 6.11. The van der Waals surface area contributed by atoms with Gasteiger partial charge in [0.1, 0.15) is 5.82 Å². The van der Waals surface area contributed by atoms with Crippen molar-refractivity contribution in [2.75, 3.05) is 31.1 Å². The second-order valence-corrected chi connectivity index (χ2v) is 10.3. The molecule has 7 heteroatoms. The van der Waals surface area contributed by atoms with Gasteiger partial charge in [-0.15, -0.1) is 0 Å². The number of hydrogen-bond donors (Lipinski definition) is 0. The molecule has 1 radical (unpaired) electrons. The molecule has 3 aliphatic rings. The van der Waals surface area contributed by atoms with Crippen LogP contribution >= 0.6 is 0 Å². The first-order valence-electron chi connectivity index (χ1n) is 13.2. The van der Waals surface area contributed by atoms with Crippen LogP contribution in [0.1, 0.15) is 37.3 Å². The molecule has 0 amide bonds. The lowest BCUT2D eigenvalue weighted by molar-refractivity contribution is 0.0303. The Morgan fingerprint density at radius 3 is 2.39 bits per heavy atom. The average molecular weight is 480 g/mol. The van der Waals surface area contributed by atoms with Crippen molar-refractivity contribution in [2.24, 2.45) is 0 Å². The topological polar surface area (TPSA) is 59.3 Å². The predicted molar refractivity (Wildman–Crippen MR) is 140 cm³/mol. The molecule has 2 bridgehead atoms. The quantitative estimate of drug-likeness (QED) is 0.420. The molecule has 7 rings (SSSR count). The van der Waals surface area contributed by atoms with Gasteiger partial charge in [0, 0.05) is 38.3 Å². The molecule has 4 aromatic rings. The lowest BCUT2D eigenvalue weighted by Gasteiger charge is -2.33. The number of fused-ring (bicyclic) bond motifs is 3. The summed E-state index contributed by atoms with van der Waals surface area (Å²) in [6.07, 6.45) is 7.00. The van der Waals surface area contributed by atoms with Crippen LogP contribution in [-0.4, -0.2) is 63.0 Å². The van der Waals surface area contributed by atoms with E-state index in [4.69, 9.17) is 19.8 Å². The molecule has 0 spiro atoms. The van der Waals surface area contributed by atoms with Gasteiger partial charge < -0.3 is 9.64 Å². The van der Waals surface area contributed by atoms with Crippen LogP contribution in [0.25, 0.3) is 22.4 Å². The minimum Gasteiger partial charge on any atom is -0.371 e. The maximum absolute atomic E-state index is 6.11. The Morgan fingerprint density at radius 2 is 1.64 bits per heavy atom. The molecule has 5 heterocycles. The van der Waals surface area contributed by atoms with E-state index in [9.17, 15) is 0 Å². The van der Waals surface area contributed by atoms with Crippen molar-refractivity contribution in [1.29, 1.82) is 0 Å². The minimum absolute atomic E-state index is 0.299. The molecule has 7 nitrogen and oxygen atoms in total. The molecule has 36 heavy (non-hydrogen) atoms. The number of anilines is 1. The number of nitrogens with zero attached hydrogens (tertiary/aromatic N) is 6. The van der Waals surface area contributed by atoms with Crippen molar-refractivity contribution in [3.63, 3.8) is 0 Å². The first-order valence-corrected chi connectivity index (χ1v) is 13.2. The van der Waals surface area contributed by atoms with Crippen LogP contribution in [0, 0.1) is 6.07 Å². The van der Waals surface area contributed by atoms with E-state index in [0.717, 1.165) is 86.6 Å². The van der Waals surface area contributed by atoms with Crippen molar-refractivity contribution in [3.05, 3.63) is 72.4 Å². The van der Waals surface area contributed by atoms with Gasteiger partial charge in [-0.25, -0.2) is 14.6 Å². The van der Waals surface area contributed by atoms with E-state index in [-0.39, 0.29) is 0 Å². The van der Waals surface area contributed by atoms with E-state index in [1.165, 1.54) is 5.56 Å². The Labute approximate surface area is 211 Å². The normalized spacial score (nSPS) is 22.9. The van der Waals surface area contributed by atoms with Gasteiger partial charge in [0.2, 0.25) is 0 Å². The monoisotopic (exact) mass is 479 g/mol. The second-order valence-electron chi connectivity index (χ2n) is 10.3. The van der Waals surface area contributed by atoms with E-state index >= 15 is 0 Å². The summed E-state index contributed by atoms with van der Waals surface area (Å²) in [5.74, 6) is 1.75. The number of benzene rings is 2. The first kappa shape index (κ1) is 21.9. The number of aromatic nitrogens is 4. The van der Waals surface area contributed by atoms with Gasteiger partial charge in [0.25, 0.3) is 0 Å². The number of likely N-dealkylation sites (tertiary alicyclic amines) is 1. The van der Waals surface area contributed by atoms with Crippen molar-refractivity contribution in [2.45, 2.75) is 50.5 Å². The maximum Gasteiger partial charge on any atom is 0.164 e. The zero-order valence-corrected chi connectivity index (χ0v) is 20.5. The second kappa shape index (κ2) is 9.30. The summed E-state index contributed by atoms with van der Waals surface area (Å²) in [6, 6.07) is 22.1. The fourth-order valence-electron chi connectivity index (χ4n) is 6.04. The molecule has 3 aliphatic heterocycles. The Hall–Kier alpha value is -3.29. The Morgan fingerprint density at radius 1 is 0.889 bits per heavy atom. The molecule has 2 atom stereocenters. The SMILES string of the molecule is [c]1ccc(-c2nc(N3CC4CCC(C3)O4)c3cnn(C4CCN(Cc5ccccc5)CC4)c3n2)cc1. The molecule has 0 saturated carbocycles. The lowest BCUT2D eigenvalue weighted by Crippen LogP contribution is -2.43. The summed E-state index contributed by atoms with van der Waals surface area (Å²) in [5, 5.41) is 5.95. The first-order chi connectivity index (χ1) is 17.8. The molecule has 3 fully saturated rings. The van der Waals surface area contributed by atoms with E-state index < -0.39 is 0 Å². The summed E-state index contributed by atoms with van der Waals surface area (Å²) in [7, 11) is 0. The highest BCUT2D eigenvalue weighted by molar-refractivity contribution is 5.89. The third-order valence-corrected chi connectivity index (χ3v) is 7.91. The summed E-state index contributed by atoms with van der Waals surface area (Å²) < 4.78 is 8.29. The third kappa shape index (κ3) is 4.16. The van der Waals surface area contributed by atoms with Gasteiger partial charge in [-0.3, -0.25) is 4.90 Å². The predicted octanol–water partition coefficient (Wildman–Crippen LogP) is 4.50. The van der Waals surface area contributed by atoms with Crippen LogP contribution in [0.4, 0.5) is 5.82 Å². The fourth-order valence-corrected chi connectivity index (χ4v) is 6.04. The Kier molecular flexibility index (Phi) is 5.67. The molecular formula is C29H31N6O. The van der Waals surface area contributed by atoms with Crippen LogP contribution in [-0.2, 0) is 11.3 Å². The van der Waals surface area contributed by atoms with Gasteiger partial charge in [0.15, 0.2) is 11.5 Å². The standard InChI is InChI=1S/C29H31N6O/c1-3-7-21(8-4-1)18-33-15-13-23(14-16-33)35-29-26(17-30-35)28(34-19-24-11-12-25(20-34)36-24)31-27(32-29)22-9-5-2-6-10-22/h1,3-10,17,23-25H,11-16,18-20H2. The number of hydrogen-bond acceptors (Lipinski definition) is 6.